The Labute approximate surface area is 220 Å². The first-order chi connectivity index (χ1) is 18.0. The molecular weight excluding hydrogens is 542 g/mol. The van der Waals surface area contributed by atoms with Crippen molar-refractivity contribution < 1.29 is 28.5 Å². The summed E-state index contributed by atoms with van der Waals surface area (Å²) in [4.78, 5) is 26.2. The Morgan fingerprint density at radius 3 is 2.03 bits per heavy atom. The highest BCUT2D eigenvalue weighted by Gasteiger charge is 2.20. The number of nitrogens with zero attached hydrogens (tertiary/aromatic N) is 2. The van der Waals surface area contributed by atoms with Crippen molar-refractivity contribution in [1.29, 1.82) is 0 Å². The van der Waals surface area contributed by atoms with Gasteiger partial charge in [0, 0.05) is 9.86 Å². The standard InChI is InChI=1S/C27H22BrN3O6/c28-18-3-4-19-20(15-18)31(26(33)14-17-2-6-22-24(12-17)37-10-8-35-22)30-27(19)29-25(32)13-16-1-5-21-23(11-16)36-9-7-34-21/h1-6,11-12,15H,7-10,13-14H2,(H,29,30,32). The van der Waals surface area contributed by atoms with Gasteiger partial charge in [-0.05, 0) is 53.6 Å². The summed E-state index contributed by atoms with van der Waals surface area (Å²) >= 11 is 3.47. The van der Waals surface area contributed by atoms with E-state index in [-0.39, 0.29) is 24.7 Å². The molecule has 0 spiro atoms. The first-order valence-corrected chi connectivity index (χ1v) is 12.6. The third-order valence-electron chi connectivity index (χ3n) is 6.07. The molecule has 0 radical (unpaired) electrons. The van der Waals surface area contributed by atoms with E-state index in [4.69, 9.17) is 18.9 Å². The van der Waals surface area contributed by atoms with Gasteiger partial charge in [0.1, 0.15) is 26.4 Å². The predicted molar refractivity (Wildman–Crippen MR) is 139 cm³/mol. The maximum atomic E-state index is 13.3. The molecule has 1 amide bonds. The molecule has 9 nitrogen and oxygen atoms in total. The summed E-state index contributed by atoms with van der Waals surface area (Å²) in [5.74, 6) is 2.40. The van der Waals surface area contributed by atoms with E-state index in [1.165, 1.54) is 4.68 Å². The topological polar surface area (TPSA) is 101 Å². The van der Waals surface area contributed by atoms with Crippen LogP contribution in [0.1, 0.15) is 15.9 Å². The van der Waals surface area contributed by atoms with Gasteiger partial charge >= 0.3 is 0 Å². The van der Waals surface area contributed by atoms with Crippen LogP contribution < -0.4 is 24.3 Å². The molecular formula is C27H22BrN3O6. The molecule has 3 heterocycles. The van der Waals surface area contributed by atoms with Crippen LogP contribution in [0.5, 0.6) is 23.0 Å². The number of hydrogen-bond acceptors (Lipinski definition) is 7. The van der Waals surface area contributed by atoms with Crippen LogP contribution in [0.2, 0.25) is 0 Å². The van der Waals surface area contributed by atoms with Gasteiger partial charge in [0.05, 0.1) is 18.4 Å². The summed E-state index contributed by atoms with van der Waals surface area (Å²) in [5.41, 5.74) is 2.14. The first-order valence-electron chi connectivity index (χ1n) is 11.8. The van der Waals surface area contributed by atoms with E-state index >= 15 is 0 Å². The van der Waals surface area contributed by atoms with Crippen molar-refractivity contribution in [3.63, 3.8) is 0 Å². The fourth-order valence-corrected chi connectivity index (χ4v) is 4.73. The van der Waals surface area contributed by atoms with Gasteiger partial charge in [-0.3, -0.25) is 9.59 Å². The SMILES string of the molecule is O=C(Cc1ccc2c(c1)OCCO2)Nc1nn(C(=O)Cc2ccc3c(c2)OCCO3)c2cc(Br)ccc12. The predicted octanol–water partition coefficient (Wildman–Crippen LogP) is 4.41. The minimum absolute atomic E-state index is 0.102. The molecule has 4 aromatic rings. The van der Waals surface area contributed by atoms with Gasteiger partial charge in [-0.2, -0.15) is 4.68 Å². The molecule has 0 bridgehead atoms. The second kappa shape index (κ2) is 9.78. The lowest BCUT2D eigenvalue weighted by atomic mass is 10.1. The Kier molecular flexibility index (Phi) is 6.17. The van der Waals surface area contributed by atoms with Crippen molar-refractivity contribution in [2.24, 2.45) is 0 Å². The Morgan fingerprint density at radius 1 is 0.784 bits per heavy atom. The van der Waals surface area contributed by atoms with E-state index in [9.17, 15) is 9.59 Å². The Balaban J connectivity index is 1.23. The molecule has 0 unspecified atom stereocenters. The molecule has 10 heteroatoms. The summed E-state index contributed by atoms with van der Waals surface area (Å²) in [6.45, 7) is 1.95. The number of carbonyl (C=O) groups excluding carboxylic acids is 2. The van der Waals surface area contributed by atoms with E-state index in [1.807, 2.05) is 30.3 Å². The molecule has 0 saturated heterocycles. The van der Waals surface area contributed by atoms with E-state index in [0.29, 0.717) is 66.1 Å². The Hall–Kier alpha value is -4.05. The minimum atomic E-state index is -0.259. The van der Waals surface area contributed by atoms with E-state index in [1.54, 1.807) is 24.3 Å². The Morgan fingerprint density at radius 2 is 1.38 bits per heavy atom. The molecule has 2 aliphatic heterocycles. The maximum Gasteiger partial charge on any atom is 0.251 e. The highest BCUT2D eigenvalue weighted by atomic mass is 79.9. The van der Waals surface area contributed by atoms with Crippen LogP contribution in [0, 0.1) is 0 Å². The van der Waals surface area contributed by atoms with Crippen LogP contribution in [-0.2, 0) is 17.6 Å². The summed E-state index contributed by atoms with van der Waals surface area (Å²) in [7, 11) is 0. The number of carbonyl (C=O) groups is 2. The van der Waals surface area contributed by atoms with Gasteiger partial charge in [0.15, 0.2) is 28.8 Å². The number of amides is 1. The van der Waals surface area contributed by atoms with Crippen molar-refractivity contribution in [3.8, 4) is 23.0 Å². The number of rotatable bonds is 5. The molecule has 188 valence electrons. The van der Waals surface area contributed by atoms with E-state index in [0.717, 1.165) is 15.6 Å². The molecule has 1 N–H and O–H groups in total. The summed E-state index contributed by atoms with van der Waals surface area (Å²) in [6.07, 6.45) is 0.219. The second-order valence-electron chi connectivity index (χ2n) is 8.67. The minimum Gasteiger partial charge on any atom is -0.486 e. The van der Waals surface area contributed by atoms with Gasteiger partial charge in [-0.25, -0.2) is 0 Å². The number of aromatic nitrogens is 2. The summed E-state index contributed by atoms with van der Waals surface area (Å²) in [5, 5.41) is 8.01. The lowest BCUT2D eigenvalue weighted by molar-refractivity contribution is -0.115. The van der Waals surface area contributed by atoms with Crippen molar-refractivity contribution >= 4 is 44.5 Å². The molecule has 1 aromatic heterocycles. The molecule has 0 aliphatic carbocycles. The van der Waals surface area contributed by atoms with Crippen LogP contribution in [0.3, 0.4) is 0 Å². The van der Waals surface area contributed by atoms with Gasteiger partial charge in [-0.1, -0.05) is 28.1 Å². The molecule has 0 fully saturated rings. The molecule has 0 saturated carbocycles. The molecule has 0 atom stereocenters. The molecule has 2 aliphatic rings. The van der Waals surface area contributed by atoms with Crippen molar-refractivity contribution in [2.75, 3.05) is 31.7 Å². The van der Waals surface area contributed by atoms with E-state index < -0.39 is 0 Å². The first kappa shape index (κ1) is 23.4. The fraction of sp³-hybridized carbons (Fsp3) is 0.222. The molecule has 6 rings (SSSR count). The van der Waals surface area contributed by atoms with Crippen LogP contribution in [0.25, 0.3) is 10.9 Å². The number of halogens is 1. The van der Waals surface area contributed by atoms with Crippen molar-refractivity contribution in [2.45, 2.75) is 12.8 Å². The maximum absolute atomic E-state index is 13.3. The average Bonchev–Trinajstić information content (AvgIpc) is 3.25. The highest BCUT2D eigenvalue weighted by Crippen LogP contribution is 2.33. The summed E-state index contributed by atoms with van der Waals surface area (Å²) < 4.78 is 24.5. The van der Waals surface area contributed by atoms with Crippen LogP contribution in [-0.4, -0.2) is 48.0 Å². The number of nitrogens with one attached hydrogen (secondary N) is 1. The van der Waals surface area contributed by atoms with Crippen molar-refractivity contribution in [1.82, 2.24) is 9.78 Å². The van der Waals surface area contributed by atoms with Gasteiger partial charge in [0.25, 0.3) is 5.91 Å². The molecule has 3 aromatic carbocycles. The van der Waals surface area contributed by atoms with Gasteiger partial charge in [-0.15, -0.1) is 5.10 Å². The number of hydrogen-bond donors (Lipinski definition) is 1. The lowest BCUT2D eigenvalue weighted by Gasteiger charge is -2.18. The number of ether oxygens (including phenoxy) is 4. The van der Waals surface area contributed by atoms with Crippen LogP contribution in [0.15, 0.2) is 59.1 Å². The van der Waals surface area contributed by atoms with Gasteiger partial charge in [0.2, 0.25) is 5.91 Å². The third-order valence-corrected chi connectivity index (χ3v) is 6.56. The van der Waals surface area contributed by atoms with Crippen LogP contribution in [0.4, 0.5) is 5.82 Å². The quantitative estimate of drug-likeness (QED) is 0.384. The second-order valence-corrected chi connectivity index (χ2v) is 9.59. The normalized spacial score (nSPS) is 13.9. The zero-order valence-corrected chi connectivity index (χ0v) is 21.2. The monoisotopic (exact) mass is 563 g/mol. The number of fused-ring (bicyclic) bond motifs is 3. The molecule has 37 heavy (non-hydrogen) atoms. The summed E-state index contributed by atoms with van der Waals surface area (Å²) in [6, 6.07) is 16.4. The largest absolute Gasteiger partial charge is 0.486 e. The zero-order valence-electron chi connectivity index (χ0n) is 19.7. The van der Waals surface area contributed by atoms with Crippen molar-refractivity contribution in [3.05, 3.63) is 70.2 Å². The lowest BCUT2D eigenvalue weighted by Crippen LogP contribution is -2.19. The number of anilines is 1. The zero-order chi connectivity index (χ0) is 25.4. The Bertz CT molecular complexity index is 1530. The fourth-order valence-electron chi connectivity index (χ4n) is 4.38. The van der Waals surface area contributed by atoms with Gasteiger partial charge < -0.3 is 24.3 Å². The number of benzene rings is 3. The average molecular weight is 564 g/mol. The smallest absolute Gasteiger partial charge is 0.251 e. The van der Waals surface area contributed by atoms with E-state index in [2.05, 4.69) is 26.3 Å². The van der Waals surface area contributed by atoms with Crippen LogP contribution >= 0.6 is 15.9 Å². The highest BCUT2D eigenvalue weighted by molar-refractivity contribution is 9.10. The third kappa shape index (κ3) is 4.84.